The molecule has 5 heteroatoms. The van der Waals surface area contributed by atoms with Gasteiger partial charge in [-0.05, 0) is 43.5 Å². The number of hydrogen-bond donors (Lipinski definition) is 2. The first-order valence-electron chi connectivity index (χ1n) is 8.76. The molecule has 2 unspecified atom stereocenters. The fourth-order valence-electron chi connectivity index (χ4n) is 2.95. The lowest BCUT2D eigenvalue weighted by Crippen LogP contribution is -2.27. The summed E-state index contributed by atoms with van der Waals surface area (Å²) in [4.78, 5) is 24.7. The molecule has 0 aliphatic heterocycles. The van der Waals surface area contributed by atoms with Gasteiger partial charge in [0.1, 0.15) is 5.75 Å². The quantitative estimate of drug-likeness (QED) is 0.839. The maximum absolute atomic E-state index is 12.4. The molecule has 2 atom stereocenters. The second kappa shape index (κ2) is 7.60. The molecule has 1 aliphatic rings. The van der Waals surface area contributed by atoms with Gasteiger partial charge in [0, 0.05) is 6.54 Å². The van der Waals surface area contributed by atoms with E-state index in [0.29, 0.717) is 24.4 Å². The van der Waals surface area contributed by atoms with Gasteiger partial charge in [-0.25, -0.2) is 0 Å². The van der Waals surface area contributed by atoms with Crippen LogP contribution in [0.1, 0.15) is 23.1 Å². The second-order valence-electron chi connectivity index (χ2n) is 6.85. The molecule has 26 heavy (non-hydrogen) atoms. The second-order valence-corrected chi connectivity index (χ2v) is 6.85. The number of hydrogen-bond acceptors (Lipinski definition) is 3. The molecule has 1 fully saturated rings. The first kappa shape index (κ1) is 18.0. The van der Waals surface area contributed by atoms with Crippen molar-refractivity contribution in [2.24, 2.45) is 11.8 Å². The number of methoxy groups -OCH3 is 1. The number of rotatable bonds is 6. The molecule has 1 aliphatic carbocycles. The van der Waals surface area contributed by atoms with Crippen LogP contribution in [-0.4, -0.2) is 18.9 Å². The van der Waals surface area contributed by atoms with E-state index in [1.807, 2.05) is 56.3 Å². The molecule has 2 aromatic carbocycles. The van der Waals surface area contributed by atoms with Crippen molar-refractivity contribution in [3.05, 3.63) is 59.2 Å². The molecule has 0 heterocycles. The molecule has 0 radical (unpaired) electrons. The molecule has 2 amide bonds. The van der Waals surface area contributed by atoms with E-state index >= 15 is 0 Å². The Morgan fingerprint density at radius 3 is 2.35 bits per heavy atom. The molecule has 1 saturated carbocycles. The minimum atomic E-state index is -0.279. The predicted molar refractivity (Wildman–Crippen MR) is 101 cm³/mol. The topological polar surface area (TPSA) is 67.4 Å². The molecule has 0 aromatic heterocycles. The molecule has 2 N–H and O–H groups in total. The predicted octanol–water partition coefficient (Wildman–Crippen LogP) is 3.20. The largest absolute Gasteiger partial charge is 0.495 e. The number of ether oxygens (including phenoxy) is 1. The van der Waals surface area contributed by atoms with Gasteiger partial charge in [0.15, 0.2) is 0 Å². The number of aryl methyl sites for hydroxylation is 2. The Kier molecular flexibility index (Phi) is 5.26. The average Bonchev–Trinajstić information content (AvgIpc) is 3.42. The fourth-order valence-corrected chi connectivity index (χ4v) is 2.95. The third-order valence-electron chi connectivity index (χ3n) is 4.66. The van der Waals surface area contributed by atoms with Crippen molar-refractivity contribution in [3.63, 3.8) is 0 Å². The van der Waals surface area contributed by atoms with E-state index in [1.165, 1.54) is 5.56 Å². The smallest absolute Gasteiger partial charge is 0.228 e. The summed E-state index contributed by atoms with van der Waals surface area (Å²) in [6.45, 7) is 4.46. The van der Waals surface area contributed by atoms with Gasteiger partial charge in [-0.1, -0.05) is 35.9 Å². The zero-order valence-electron chi connectivity index (χ0n) is 15.3. The molecule has 5 nitrogen and oxygen atoms in total. The Bertz CT molecular complexity index is 815. The lowest BCUT2D eigenvalue weighted by atomic mass is 10.1. The Hall–Kier alpha value is -2.82. The summed E-state index contributed by atoms with van der Waals surface area (Å²) in [6.07, 6.45) is 0.583. The van der Waals surface area contributed by atoms with E-state index in [-0.39, 0.29) is 23.7 Å². The molecular weight excluding hydrogens is 328 g/mol. The van der Waals surface area contributed by atoms with E-state index in [9.17, 15) is 9.59 Å². The van der Waals surface area contributed by atoms with Crippen LogP contribution in [0.25, 0.3) is 0 Å². The van der Waals surface area contributed by atoms with Gasteiger partial charge in [-0.2, -0.15) is 0 Å². The van der Waals surface area contributed by atoms with E-state index in [2.05, 4.69) is 10.6 Å². The van der Waals surface area contributed by atoms with Crippen molar-refractivity contribution < 1.29 is 14.3 Å². The van der Waals surface area contributed by atoms with Crippen LogP contribution < -0.4 is 15.4 Å². The number of anilines is 1. The summed E-state index contributed by atoms with van der Waals surface area (Å²) in [5.74, 6) is -0.120. The highest BCUT2D eigenvalue weighted by molar-refractivity contribution is 6.00. The third-order valence-corrected chi connectivity index (χ3v) is 4.66. The molecule has 2 aromatic rings. The highest BCUT2D eigenvalue weighted by Gasteiger charge is 2.48. The number of amides is 2. The van der Waals surface area contributed by atoms with Crippen molar-refractivity contribution in [3.8, 4) is 5.75 Å². The minimum absolute atomic E-state index is 0.0677. The van der Waals surface area contributed by atoms with Crippen LogP contribution in [0, 0.1) is 25.7 Å². The van der Waals surface area contributed by atoms with Gasteiger partial charge < -0.3 is 15.4 Å². The van der Waals surface area contributed by atoms with E-state index < -0.39 is 0 Å². The molecule has 0 spiro atoms. The lowest BCUT2D eigenvalue weighted by molar-refractivity contribution is -0.125. The van der Waals surface area contributed by atoms with E-state index in [0.717, 1.165) is 11.1 Å². The van der Waals surface area contributed by atoms with Gasteiger partial charge in [0.2, 0.25) is 11.8 Å². The minimum Gasteiger partial charge on any atom is -0.495 e. The highest BCUT2D eigenvalue weighted by Crippen LogP contribution is 2.40. The molecule has 136 valence electrons. The highest BCUT2D eigenvalue weighted by atomic mass is 16.5. The van der Waals surface area contributed by atoms with Crippen LogP contribution >= 0.6 is 0 Å². The summed E-state index contributed by atoms with van der Waals surface area (Å²) in [5.41, 5.74) is 3.91. The van der Waals surface area contributed by atoms with Crippen LogP contribution in [0.15, 0.2) is 42.5 Å². The Labute approximate surface area is 153 Å². The Balaban J connectivity index is 1.53. The van der Waals surface area contributed by atoms with Crippen LogP contribution in [0.3, 0.4) is 0 Å². The molecular formula is C21H24N2O3. The Morgan fingerprint density at radius 1 is 1.00 bits per heavy atom. The molecule has 0 saturated heterocycles. The number of benzene rings is 2. The van der Waals surface area contributed by atoms with Gasteiger partial charge in [0.25, 0.3) is 0 Å². The normalized spacial score (nSPS) is 18.1. The maximum atomic E-state index is 12.4. The third kappa shape index (κ3) is 4.23. The van der Waals surface area contributed by atoms with Crippen molar-refractivity contribution in [2.45, 2.75) is 26.8 Å². The summed E-state index contributed by atoms with van der Waals surface area (Å²) in [5, 5.41) is 5.80. The van der Waals surface area contributed by atoms with E-state index in [1.54, 1.807) is 7.11 Å². The van der Waals surface area contributed by atoms with Gasteiger partial charge in [-0.15, -0.1) is 0 Å². The summed E-state index contributed by atoms with van der Waals surface area (Å²) < 4.78 is 5.28. The summed E-state index contributed by atoms with van der Waals surface area (Å²) in [6, 6.07) is 13.6. The zero-order chi connectivity index (χ0) is 18.7. The van der Waals surface area contributed by atoms with Crippen LogP contribution in [0.4, 0.5) is 5.69 Å². The van der Waals surface area contributed by atoms with Crippen molar-refractivity contribution in [1.82, 2.24) is 5.32 Å². The summed E-state index contributed by atoms with van der Waals surface area (Å²) in [7, 11) is 1.57. The average molecular weight is 352 g/mol. The summed E-state index contributed by atoms with van der Waals surface area (Å²) >= 11 is 0. The van der Waals surface area contributed by atoms with Gasteiger partial charge >= 0.3 is 0 Å². The standard InChI is InChI=1S/C21H24N2O3/c1-13-4-7-15(8-5-13)12-22-20(24)16-11-17(16)21(25)23-18-10-14(2)6-9-19(18)26-3/h4-10,16-17H,11-12H2,1-3H3,(H,22,24)(H,23,25). The number of carbonyl (C=O) groups excluding carboxylic acids is 2. The SMILES string of the molecule is COc1ccc(C)cc1NC(=O)C1CC1C(=O)NCc1ccc(C)cc1. The van der Waals surface area contributed by atoms with Crippen molar-refractivity contribution >= 4 is 17.5 Å². The first-order chi connectivity index (χ1) is 12.5. The zero-order valence-corrected chi connectivity index (χ0v) is 15.3. The Morgan fingerprint density at radius 2 is 1.65 bits per heavy atom. The maximum Gasteiger partial charge on any atom is 0.228 e. The lowest BCUT2D eigenvalue weighted by Gasteiger charge is -2.11. The number of carbonyl (C=O) groups is 2. The van der Waals surface area contributed by atoms with Gasteiger partial charge in [-0.3, -0.25) is 9.59 Å². The molecule has 3 rings (SSSR count). The van der Waals surface area contributed by atoms with Crippen molar-refractivity contribution in [1.29, 1.82) is 0 Å². The number of nitrogens with one attached hydrogen (secondary N) is 2. The van der Waals surface area contributed by atoms with Crippen molar-refractivity contribution in [2.75, 3.05) is 12.4 Å². The first-order valence-corrected chi connectivity index (χ1v) is 8.76. The van der Waals surface area contributed by atoms with Crippen LogP contribution in [0.2, 0.25) is 0 Å². The fraction of sp³-hybridized carbons (Fsp3) is 0.333. The van der Waals surface area contributed by atoms with E-state index in [4.69, 9.17) is 4.74 Å². The monoisotopic (exact) mass is 352 g/mol. The van der Waals surface area contributed by atoms with Crippen LogP contribution in [0.5, 0.6) is 5.75 Å². The van der Waals surface area contributed by atoms with Gasteiger partial charge in [0.05, 0.1) is 24.6 Å². The van der Waals surface area contributed by atoms with Crippen LogP contribution in [-0.2, 0) is 16.1 Å². The molecule has 0 bridgehead atoms.